The molecular weight excluding hydrogens is 552 g/mol. The molecule has 4 rings (SSSR count). The minimum absolute atomic E-state index is 0.0944. The van der Waals surface area contributed by atoms with Gasteiger partial charge >= 0.3 is 11.9 Å². The highest BCUT2D eigenvalue weighted by Crippen LogP contribution is 2.38. The Labute approximate surface area is 239 Å². The monoisotopic (exact) mass is 582 g/mol. The summed E-state index contributed by atoms with van der Waals surface area (Å²) in [6.45, 7) is 3.53. The van der Waals surface area contributed by atoms with Gasteiger partial charge in [-0.15, -0.1) is 0 Å². The lowest BCUT2D eigenvalue weighted by Gasteiger charge is -2.26. The Morgan fingerprint density at radius 3 is 2.32 bits per heavy atom. The van der Waals surface area contributed by atoms with E-state index in [4.69, 9.17) is 28.4 Å². The maximum absolute atomic E-state index is 14.1. The second-order valence-electron chi connectivity index (χ2n) is 8.67. The highest BCUT2D eigenvalue weighted by molar-refractivity contribution is 7.07. The lowest BCUT2D eigenvalue weighted by Crippen LogP contribution is -2.40. The van der Waals surface area contributed by atoms with Crippen molar-refractivity contribution in [2.24, 2.45) is 4.99 Å². The average Bonchev–Trinajstić information content (AvgIpc) is 3.29. The lowest BCUT2D eigenvalue weighted by atomic mass is 9.95. The van der Waals surface area contributed by atoms with Gasteiger partial charge in [0.1, 0.15) is 23.1 Å². The molecule has 0 aliphatic carbocycles. The molecule has 3 aromatic rings. The Bertz CT molecular complexity index is 1720. The Kier molecular flexibility index (Phi) is 8.82. The van der Waals surface area contributed by atoms with E-state index in [-0.39, 0.29) is 28.0 Å². The number of ether oxygens (including phenoxy) is 6. The van der Waals surface area contributed by atoms with Gasteiger partial charge in [0.25, 0.3) is 5.56 Å². The molecule has 0 amide bonds. The molecule has 12 heteroatoms. The average molecular weight is 583 g/mol. The molecule has 0 spiro atoms. The first kappa shape index (κ1) is 29.4. The summed E-state index contributed by atoms with van der Waals surface area (Å²) >= 11 is 1.11. The van der Waals surface area contributed by atoms with Crippen LogP contribution in [0.3, 0.4) is 0 Å². The number of carbonyl (C=O) groups excluding carboxylic acids is 2. The van der Waals surface area contributed by atoms with Crippen molar-refractivity contribution < 1.29 is 38.0 Å². The lowest BCUT2D eigenvalue weighted by molar-refractivity contribution is -0.139. The van der Waals surface area contributed by atoms with E-state index in [1.54, 1.807) is 50.3 Å². The van der Waals surface area contributed by atoms with Crippen molar-refractivity contribution in [1.29, 1.82) is 0 Å². The number of nitrogens with zero attached hydrogens (tertiary/aromatic N) is 2. The summed E-state index contributed by atoms with van der Waals surface area (Å²) in [6, 6.07) is 7.49. The zero-order valence-corrected chi connectivity index (χ0v) is 24.5. The van der Waals surface area contributed by atoms with Gasteiger partial charge in [0.15, 0.2) is 16.3 Å². The standard InChI is InChI=1S/C29H30N2O9S/c1-8-40-28(34)22-15(2)30-29-31(24(22)18-11-10-17(35-3)14-20(18)37-5)26(32)21(41-29)13-16-9-12-19(36-4)25(38-6)23(16)27(33)39-7/h9-14,24H,8H2,1-7H3. The van der Waals surface area contributed by atoms with Crippen LogP contribution in [0.15, 0.2) is 51.4 Å². The van der Waals surface area contributed by atoms with Gasteiger partial charge in [-0.2, -0.15) is 0 Å². The van der Waals surface area contributed by atoms with Crippen LogP contribution < -0.4 is 33.8 Å². The minimum atomic E-state index is -0.904. The van der Waals surface area contributed by atoms with Gasteiger partial charge in [-0.25, -0.2) is 14.6 Å². The largest absolute Gasteiger partial charge is 0.497 e. The number of methoxy groups -OCH3 is 5. The molecular formula is C29H30N2O9S. The highest BCUT2D eigenvalue weighted by atomic mass is 32.1. The second kappa shape index (κ2) is 12.3. The molecule has 0 fully saturated rings. The Morgan fingerprint density at radius 2 is 1.71 bits per heavy atom. The predicted octanol–water partition coefficient (Wildman–Crippen LogP) is 2.62. The normalized spacial score (nSPS) is 14.6. The summed E-state index contributed by atoms with van der Waals surface area (Å²) in [5.41, 5.74) is 1.18. The van der Waals surface area contributed by atoms with Gasteiger partial charge in [0, 0.05) is 11.6 Å². The number of carbonyl (C=O) groups is 2. The number of hydrogen-bond acceptors (Lipinski definition) is 11. The zero-order valence-electron chi connectivity index (χ0n) is 23.7. The second-order valence-corrected chi connectivity index (χ2v) is 9.68. The summed E-state index contributed by atoms with van der Waals surface area (Å²) in [5, 5.41) is 0. The molecule has 1 unspecified atom stereocenters. The van der Waals surface area contributed by atoms with Crippen LogP contribution >= 0.6 is 11.3 Å². The number of fused-ring (bicyclic) bond motifs is 1. The van der Waals surface area contributed by atoms with Crippen LogP contribution in [0.25, 0.3) is 6.08 Å². The van der Waals surface area contributed by atoms with Crippen molar-refractivity contribution in [2.75, 3.05) is 42.2 Å². The smallest absolute Gasteiger partial charge is 0.342 e. The number of thiazole rings is 1. The fourth-order valence-corrected chi connectivity index (χ4v) is 5.68. The third kappa shape index (κ3) is 5.30. The van der Waals surface area contributed by atoms with Crippen LogP contribution in [0.4, 0.5) is 0 Å². The molecule has 1 aliphatic heterocycles. The first-order valence-corrected chi connectivity index (χ1v) is 13.3. The van der Waals surface area contributed by atoms with Crippen LogP contribution in [0.5, 0.6) is 23.0 Å². The van der Waals surface area contributed by atoms with E-state index in [0.29, 0.717) is 38.9 Å². The summed E-state index contributed by atoms with van der Waals surface area (Å²) in [6.07, 6.45) is 1.56. The summed E-state index contributed by atoms with van der Waals surface area (Å²) in [7, 11) is 7.13. The number of benzene rings is 2. The van der Waals surface area contributed by atoms with E-state index in [1.165, 1.54) is 40.1 Å². The van der Waals surface area contributed by atoms with E-state index in [1.807, 2.05) is 0 Å². The molecule has 216 valence electrons. The molecule has 0 radical (unpaired) electrons. The van der Waals surface area contributed by atoms with E-state index in [0.717, 1.165) is 11.3 Å². The van der Waals surface area contributed by atoms with Gasteiger partial charge < -0.3 is 28.4 Å². The van der Waals surface area contributed by atoms with Crippen LogP contribution in [-0.2, 0) is 14.3 Å². The molecule has 0 saturated heterocycles. The molecule has 1 atom stereocenters. The minimum Gasteiger partial charge on any atom is -0.497 e. The molecule has 2 aromatic carbocycles. The third-order valence-electron chi connectivity index (χ3n) is 6.51. The SMILES string of the molecule is CCOC(=O)C1=C(C)N=c2sc(=Cc3ccc(OC)c(OC)c3C(=O)OC)c(=O)n2C1c1ccc(OC)cc1OC. The van der Waals surface area contributed by atoms with Crippen molar-refractivity contribution >= 4 is 29.4 Å². The summed E-state index contributed by atoms with van der Waals surface area (Å²) in [5.74, 6) is 0.184. The van der Waals surface area contributed by atoms with E-state index in [2.05, 4.69) is 4.99 Å². The van der Waals surface area contributed by atoms with E-state index < -0.39 is 23.5 Å². The van der Waals surface area contributed by atoms with Gasteiger partial charge in [0.2, 0.25) is 0 Å². The summed E-state index contributed by atoms with van der Waals surface area (Å²) in [4.78, 5) is 45.0. The molecule has 0 saturated carbocycles. The number of allylic oxidation sites excluding steroid dienone is 1. The quantitative estimate of drug-likeness (QED) is 0.350. The Balaban J connectivity index is 2.03. The van der Waals surface area contributed by atoms with Crippen molar-refractivity contribution in [3.05, 3.63) is 78.0 Å². The van der Waals surface area contributed by atoms with Crippen LogP contribution in [-0.4, -0.2) is 58.7 Å². The van der Waals surface area contributed by atoms with Crippen molar-refractivity contribution in [3.8, 4) is 23.0 Å². The van der Waals surface area contributed by atoms with Gasteiger partial charge in [-0.3, -0.25) is 9.36 Å². The van der Waals surface area contributed by atoms with Crippen molar-refractivity contribution in [3.63, 3.8) is 0 Å². The first-order valence-electron chi connectivity index (χ1n) is 12.5. The van der Waals surface area contributed by atoms with Crippen LogP contribution in [0.1, 0.15) is 41.4 Å². The molecule has 0 bridgehead atoms. The predicted molar refractivity (Wildman–Crippen MR) is 151 cm³/mol. The first-order chi connectivity index (χ1) is 19.7. The molecule has 11 nitrogen and oxygen atoms in total. The van der Waals surface area contributed by atoms with E-state index in [9.17, 15) is 14.4 Å². The number of esters is 2. The summed E-state index contributed by atoms with van der Waals surface area (Å²) < 4.78 is 33.8. The van der Waals surface area contributed by atoms with Crippen LogP contribution in [0.2, 0.25) is 0 Å². The fraction of sp³-hybridized carbons (Fsp3) is 0.310. The van der Waals surface area contributed by atoms with E-state index >= 15 is 0 Å². The van der Waals surface area contributed by atoms with Gasteiger partial charge in [0.05, 0.1) is 58.0 Å². The van der Waals surface area contributed by atoms with Crippen molar-refractivity contribution in [1.82, 2.24) is 4.57 Å². The van der Waals surface area contributed by atoms with Crippen molar-refractivity contribution in [2.45, 2.75) is 19.9 Å². The van der Waals surface area contributed by atoms with Gasteiger partial charge in [-0.1, -0.05) is 17.4 Å². The third-order valence-corrected chi connectivity index (χ3v) is 7.49. The molecule has 2 heterocycles. The van der Waals surface area contributed by atoms with Crippen LogP contribution in [0, 0.1) is 0 Å². The number of aromatic nitrogens is 1. The highest BCUT2D eigenvalue weighted by Gasteiger charge is 2.35. The molecule has 0 N–H and O–H groups in total. The number of hydrogen-bond donors (Lipinski definition) is 0. The maximum atomic E-state index is 14.1. The molecule has 41 heavy (non-hydrogen) atoms. The number of rotatable bonds is 9. The topological polar surface area (TPSA) is 124 Å². The fourth-order valence-electron chi connectivity index (χ4n) is 4.65. The maximum Gasteiger partial charge on any atom is 0.342 e. The molecule has 1 aliphatic rings. The zero-order chi connectivity index (χ0) is 29.8. The molecule has 1 aromatic heterocycles. The Morgan fingerprint density at radius 1 is 0.976 bits per heavy atom. The van der Waals surface area contributed by atoms with Gasteiger partial charge in [-0.05, 0) is 43.7 Å². The Hall–Kier alpha value is -4.58.